The number of nitrogens with zero attached hydrogens (tertiary/aromatic N) is 1. The maximum atomic E-state index is 6.17. The number of rotatable bonds is 1. The van der Waals surface area contributed by atoms with Gasteiger partial charge >= 0.3 is 0 Å². The maximum Gasteiger partial charge on any atom is 0.200 e. The van der Waals surface area contributed by atoms with Crippen LogP contribution in [0.25, 0.3) is 11.1 Å². The van der Waals surface area contributed by atoms with E-state index in [9.17, 15) is 0 Å². The molecule has 2 aromatic rings. The van der Waals surface area contributed by atoms with Crippen molar-refractivity contribution in [2.24, 2.45) is 5.73 Å². The number of para-hydroxylation sites is 1. The van der Waals surface area contributed by atoms with E-state index in [1.165, 1.54) is 12.8 Å². The molecule has 0 aliphatic heterocycles. The van der Waals surface area contributed by atoms with E-state index < -0.39 is 0 Å². The first-order valence-electron chi connectivity index (χ1n) is 6.37. The lowest BCUT2D eigenvalue weighted by molar-refractivity contribution is 0.332. The number of aromatic nitrogens is 1. The lowest BCUT2D eigenvalue weighted by atomic mass is 9.85. The molecule has 1 saturated carbocycles. The topological polar surface area (TPSA) is 52.0 Å². The summed E-state index contributed by atoms with van der Waals surface area (Å²) < 4.78 is 5.92. The molecular formula is C14H18N2O. The summed E-state index contributed by atoms with van der Waals surface area (Å²) in [6.45, 7) is 2.05. The van der Waals surface area contributed by atoms with Crippen LogP contribution < -0.4 is 5.73 Å². The Bertz CT molecular complexity index is 532. The molecule has 0 saturated heterocycles. The summed E-state index contributed by atoms with van der Waals surface area (Å²) >= 11 is 0. The van der Waals surface area contributed by atoms with E-state index in [1.807, 2.05) is 12.1 Å². The lowest BCUT2D eigenvalue weighted by Gasteiger charge is -2.25. The molecule has 2 N–H and O–H groups in total. The number of oxazole rings is 1. The normalized spacial score (nSPS) is 25.3. The highest BCUT2D eigenvalue weighted by Gasteiger charge is 2.27. The van der Waals surface area contributed by atoms with E-state index in [0.717, 1.165) is 35.4 Å². The van der Waals surface area contributed by atoms with Crippen LogP contribution in [0.15, 0.2) is 22.6 Å². The number of nitrogens with two attached hydrogens (primary N) is 1. The van der Waals surface area contributed by atoms with Crippen molar-refractivity contribution in [3.05, 3.63) is 29.7 Å². The Kier molecular flexibility index (Phi) is 2.63. The molecule has 1 heterocycles. The first-order chi connectivity index (χ1) is 8.25. The third-order valence-electron chi connectivity index (χ3n) is 3.76. The van der Waals surface area contributed by atoms with E-state index in [2.05, 4.69) is 18.0 Å². The van der Waals surface area contributed by atoms with Gasteiger partial charge < -0.3 is 10.2 Å². The largest absolute Gasteiger partial charge is 0.440 e. The van der Waals surface area contributed by atoms with E-state index in [4.69, 9.17) is 10.2 Å². The van der Waals surface area contributed by atoms with Gasteiger partial charge in [0.2, 0.25) is 0 Å². The first kappa shape index (κ1) is 10.8. The van der Waals surface area contributed by atoms with Crippen molar-refractivity contribution in [2.75, 3.05) is 0 Å². The zero-order chi connectivity index (χ0) is 11.8. The lowest BCUT2D eigenvalue weighted by Crippen LogP contribution is -2.31. The van der Waals surface area contributed by atoms with Crippen LogP contribution >= 0.6 is 0 Å². The highest BCUT2D eigenvalue weighted by molar-refractivity contribution is 5.76. The fourth-order valence-electron chi connectivity index (χ4n) is 2.73. The third kappa shape index (κ3) is 1.84. The standard InChI is InChI=1S/C14H18N2O/c1-9-5-4-8-12-13(9)17-14(16-12)10-6-2-3-7-11(10)15/h4-5,8,10-11H,2-3,6-7,15H2,1H3. The summed E-state index contributed by atoms with van der Waals surface area (Å²) in [7, 11) is 0. The monoisotopic (exact) mass is 230 g/mol. The van der Waals surface area contributed by atoms with Crippen molar-refractivity contribution in [2.45, 2.75) is 44.6 Å². The Labute approximate surface area is 101 Å². The summed E-state index contributed by atoms with van der Waals surface area (Å²) in [6, 6.07) is 6.28. The number of aryl methyl sites for hydroxylation is 1. The Morgan fingerprint density at radius 1 is 1.29 bits per heavy atom. The Balaban J connectivity index is 2.02. The summed E-state index contributed by atoms with van der Waals surface area (Å²) in [5.74, 6) is 1.14. The van der Waals surface area contributed by atoms with E-state index in [0.29, 0.717) is 5.92 Å². The highest BCUT2D eigenvalue weighted by atomic mass is 16.3. The zero-order valence-corrected chi connectivity index (χ0v) is 10.1. The van der Waals surface area contributed by atoms with Crippen molar-refractivity contribution >= 4 is 11.1 Å². The predicted molar refractivity (Wildman–Crippen MR) is 67.9 cm³/mol. The number of hydrogen-bond acceptors (Lipinski definition) is 3. The Morgan fingerprint density at radius 3 is 2.88 bits per heavy atom. The molecule has 1 aromatic heterocycles. The van der Waals surface area contributed by atoms with Crippen LogP contribution in [0.1, 0.15) is 43.1 Å². The summed E-state index contributed by atoms with van der Waals surface area (Å²) in [4.78, 5) is 4.60. The van der Waals surface area contributed by atoms with Gasteiger partial charge in [-0.15, -0.1) is 0 Å². The fraction of sp³-hybridized carbons (Fsp3) is 0.500. The second-order valence-electron chi connectivity index (χ2n) is 5.03. The van der Waals surface area contributed by atoms with Gasteiger partial charge in [-0.3, -0.25) is 0 Å². The molecule has 2 unspecified atom stereocenters. The molecule has 17 heavy (non-hydrogen) atoms. The Morgan fingerprint density at radius 2 is 2.12 bits per heavy atom. The first-order valence-corrected chi connectivity index (χ1v) is 6.37. The van der Waals surface area contributed by atoms with Crippen molar-refractivity contribution in [1.82, 2.24) is 4.98 Å². The quantitative estimate of drug-likeness (QED) is 0.818. The van der Waals surface area contributed by atoms with Gasteiger partial charge in [-0.2, -0.15) is 0 Å². The minimum absolute atomic E-state index is 0.206. The van der Waals surface area contributed by atoms with Gasteiger partial charge in [0.1, 0.15) is 5.52 Å². The van der Waals surface area contributed by atoms with Crippen molar-refractivity contribution in [3.63, 3.8) is 0 Å². The van der Waals surface area contributed by atoms with Crippen LogP contribution in [0, 0.1) is 6.92 Å². The van der Waals surface area contributed by atoms with E-state index in [-0.39, 0.29) is 6.04 Å². The average molecular weight is 230 g/mol. The van der Waals surface area contributed by atoms with Crippen molar-refractivity contribution in [1.29, 1.82) is 0 Å². The van der Waals surface area contributed by atoms with Gasteiger partial charge in [0.05, 0.1) is 5.92 Å². The van der Waals surface area contributed by atoms with Crippen molar-refractivity contribution < 1.29 is 4.42 Å². The van der Waals surface area contributed by atoms with Gasteiger partial charge in [0.25, 0.3) is 0 Å². The second kappa shape index (κ2) is 4.15. The smallest absolute Gasteiger partial charge is 0.200 e. The van der Waals surface area contributed by atoms with Gasteiger partial charge in [0, 0.05) is 6.04 Å². The average Bonchev–Trinajstić information content (AvgIpc) is 2.75. The minimum Gasteiger partial charge on any atom is -0.440 e. The second-order valence-corrected chi connectivity index (χ2v) is 5.03. The molecule has 1 aliphatic rings. The molecule has 2 atom stereocenters. The summed E-state index contributed by atoms with van der Waals surface area (Å²) in [6.07, 6.45) is 4.66. The number of hydrogen-bond donors (Lipinski definition) is 1. The predicted octanol–water partition coefficient (Wildman–Crippen LogP) is 3.12. The van der Waals surface area contributed by atoms with Crippen LogP contribution in [-0.2, 0) is 0 Å². The SMILES string of the molecule is Cc1cccc2nc(C3CCCCC3N)oc12. The van der Waals surface area contributed by atoms with Gasteiger partial charge in [0.15, 0.2) is 11.5 Å². The molecule has 0 bridgehead atoms. The molecule has 3 rings (SSSR count). The van der Waals surface area contributed by atoms with Crippen molar-refractivity contribution in [3.8, 4) is 0 Å². The molecule has 0 spiro atoms. The third-order valence-corrected chi connectivity index (χ3v) is 3.76. The fourth-order valence-corrected chi connectivity index (χ4v) is 2.73. The van der Waals surface area contributed by atoms with Gasteiger partial charge in [-0.25, -0.2) is 4.98 Å². The van der Waals surface area contributed by atoms with Gasteiger partial charge in [-0.1, -0.05) is 25.0 Å². The van der Waals surface area contributed by atoms with E-state index in [1.54, 1.807) is 0 Å². The zero-order valence-electron chi connectivity index (χ0n) is 10.1. The minimum atomic E-state index is 0.206. The van der Waals surface area contributed by atoms with Crippen LogP contribution in [0.2, 0.25) is 0 Å². The molecular weight excluding hydrogens is 212 g/mol. The van der Waals surface area contributed by atoms with E-state index >= 15 is 0 Å². The Hall–Kier alpha value is -1.35. The van der Waals surface area contributed by atoms with Crippen LogP contribution in [0.3, 0.4) is 0 Å². The molecule has 1 aliphatic carbocycles. The maximum absolute atomic E-state index is 6.17. The molecule has 1 fully saturated rings. The van der Waals surface area contributed by atoms with Crippen LogP contribution in [0.5, 0.6) is 0 Å². The molecule has 90 valence electrons. The number of benzene rings is 1. The summed E-state index contributed by atoms with van der Waals surface area (Å²) in [5.41, 5.74) is 9.19. The highest BCUT2D eigenvalue weighted by Crippen LogP contribution is 2.33. The molecule has 0 amide bonds. The summed E-state index contributed by atoms with van der Waals surface area (Å²) in [5, 5.41) is 0. The van der Waals surface area contributed by atoms with Gasteiger partial charge in [-0.05, 0) is 31.4 Å². The molecule has 3 heteroatoms. The van der Waals surface area contributed by atoms with Crippen LogP contribution in [0.4, 0.5) is 0 Å². The molecule has 0 radical (unpaired) electrons. The number of fused-ring (bicyclic) bond motifs is 1. The molecule has 1 aromatic carbocycles. The van der Waals surface area contributed by atoms with Crippen LogP contribution in [-0.4, -0.2) is 11.0 Å². The molecule has 3 nitrogen and oxygen atoms in total.